The summed E-state index contributed by atoms with van der Waals surface area (Å²) in [6.07, 6.45) is 1.90. The molecule has 0 radical (unpaired) electrons. The smallest absolute Gasteiger partial charge is 0.266 e. The summed E-state index contributed by atoms with van der Waals surface area (Å²) in [5, 5.41) is 2.78. The van der Waals surface area contributed by atoms with Crippen molar-refractivity contribution < 1.29 is 14.3 Å². The van der Waals surface area contributed by atoms with Crippen LogP contribution in [0.3, 0.4) is 0 Å². The molecule has 0 N–H and O–H groups in total. The first-order chi connectivity index (χ1) is 14.7. The standard InChI is InChI=1S/C24H22N2O3S/c1-28-15-14-26-23(27)22(30-24(26)25-18-9-4-3-5-10-18)16-20-19-11-7-6-8-17(19)12-13-21(20)29-2/h3-13,16H,14-15H2,1-2H3/b22-16+,25-24?. The Morgan fingerprint density at radius 3 is 2.53 bits per heavy atom. The molecule has 6 heteroatoms. The molecule has 0 atom stereocenters. The number of carbonyl (C=O) groups is 1. The van der Waals surface area contributed by atoms with E-state index in [9.17, 15) is 4.79 Å². The third-order valence-corrected chi connectivity index (χ3v) is 5.82. The fourth-order valence-electron chi connectivity index (χ4n) is 3.32. The van der Waals surface area contributed by atoms with Gasteiger partial charge in [0, 0.05) is 12.7 Å². The summed E-state index contributed by atoms with van der Waals surface area (Å²) >= 11 is 1.37. The third-order valence-electron chi connectivity index (χ3n) is 4.81. The molecule has 30 heavy (non-hydrogen) atoms. The van der Waals surface area contributed by atoms with Crippen LogP contribution in [-0.2, 0) is 9.53 Å². The van der Waals surface area contributed by atoms with Crippen molar-refractivity contribution in [2.45, 2.75) is 0 Å². The van der Waals surface area contributed by atoms with E-state index in [1.54, 1.807) is 19.1 Å². The number of para-hydroxylation sites is 1. The Bertz CT molecular complexity index is 1130. The number of fused-ring (bicyclic) bond motifs is 1. The van der Waals surface area contributed by atoms with Crippen LogP contribution in [0, 0.1) is 0 Å². The van der Waals surface area contributed by atoms with Crippen LogP contribution in [-0.4, -0.2) is 43.3 Å². The summed E-state index contributed by atoms with van der Waals surface area (Å²) < 4.78 is 10.8. The van der Waals surface area contributed by atoms with Gasteiger partial charge in [-0.2, -0.15) is 0 Å². The highest BCUT2D eigenvalue weighted by Gasteiger charge is 2.33. The minimum absolute atomic E-state index is 0.0817. The Hall–Kier alpha value is -3.09. The first-order valence-corrected chi connectivity index (χ1v) is 10.4. The predicted molar refractivity (Wildman–Crippen MR) is 123 cm³/mol. The zero-order chi connectivity index (χ0) is 20.9. The maximum Gasteiger partial charge on any atom is 0.266 e. The topological polar surface area (TPSA) is 51.1 Å². The number of aliphatic imine (C=N–C) groups is 1. The molecule has 1 aliphatic heterocycles. The molecule has 5 nitrogen and oxygen atoms in total. The second kappa shape index (κ2) is 9.15. The number of methoxy groups -OCH3 is 2. The van der Waals surface area contributed by atoms with Crippen molar-refractivity contribution in [1.82, 2.24) is 4.90 Å². The number of benzene rings is 3. The molecule has 152 valence electrons. The van der Waals surface area contributed by atoms with Crippen LogP contribution in [0.15, 0.2) is 76.6 Å². The SMILES string of the molecule is COCCN1C(=O)/C(=C\c2c(OC)ccc3ccccc23)SC1=Nc1ccccc1. The Balaban J connectivity index is 1.78. The molecule has 0 unspecified atom stereocenters. The summed E-state index contributed by atoms with van der Waals surface area (Å²) in [5.74, 6) is 0.646. The van der Waals surface area contributed by atoms with Gasteiger partial charge in [-0.15, -0.1) is 0 Å². The Morgan fingerprint density at radius 2 is 1.77 bits per heavy atom. The predicted octanol–water partition coefficient (Wildman–Crippen LogP) is 5.10. The van der Waals surface area contributed by atoms with Crippen molar-refractivity contribution in [2.24, 2.45) is 4.99 Å². The molecular weight excluding hydrogens is 396 g/mol. The van der Waals surface area contributed by atoms with Crippen LogP contribution in [0.1, 0.15) is 5.56 Å². The number of nitrogens with zero attached hydrogens (tertiary/aromatic N) is 2. The maximum absolute atomic E-state index is 13.2. The molecule has 4 rings (SSSR count). The van der Waals surface area contributed by atoms with Gasteiger partial charge in [-0.05, 0) is 46.8 Å². The van der Waals surface area contributed by atoms with Gasteiger partial charge in [0.15, 0.2) is 5.17 Å². The van der Waals surface area contributed by atoms with Gasteiger partial charge in [0.1, 0.15) is 5.75 Å². The van der Waals surface area contributed by atoms with E-state index < -0.39 is 0 Å². The molecular formula is C24H22N2O3S. The van der Waals surface area contributed by atoms with Crippen LogP contribution >= 0.6 is 11.8 Å². The lowest BCUT2D eigenvalue weighted by molar-refractivity contribution is -0.122. The average Bonchev–Trinajstić information content (AvgIpc) is 3.07. The van der Waals surface area contributed by atoms with Crippen molar-refractivity contribution in [2.75, 3.05) is 27.4 Å². The number of rotatable bonds is 6. The fraction of sp³-hybridized carbons (Fsp3) is 0.167. The first kappa shape index (κ1) is 20.2. The molecule has 0 bridgehead atoms. The highest BCUT2D eigenvalue weighted by atomic mass is 32.2. The third kappa shape index (κ3) is 4.10. The van der Waals surface area contributed by atoms with Gasteiger partial charge in [0.25, 0.3) is 5.91 Å². The van der Waals surface area contributed by atoms with E-state index in [1.807, 2.05) is 72.8 Å². The second-order valence-electron chi connectivity index (χ2n) is 6.69. The fourth-order valence-corrected chi connectivity index (χ4v) is 4.32. The monoisotopic (exact) mass is 418 g/mol. The van der Waals surface area contributed by atoms with Gasteiger partial charge in [0.05, 0.1) is 30.9 Å². The lowest BCUT2D eigenvalue weighted by atomic mass is 10.0. The van der Waals surface area contributed by atoms with E-state index in [2.05, 4.69) is 0 Å². The van der Waals surface area contributed by atoms with Crippen molar-refractivity contribution in [3.8, 4) is 5.75 Å². The Kier molecular flexibility index (Phi) is 6.16. The number of hydrogen-bond donors (Lipinski definition) is 0. The molecule has 1 fully saturated rings. The van der Waals surface area contributed by atoms with Crippen LogP contribution in [0.4, 0.5) is 5.69 Å². The summed E-state index contributed by atoms with van der Waals surface area (Å²) in [5.41, 5.74) is 1.69. The number of amidine groups is 1. The van der Waals surface area contributed by atoms with E-state index >= 15 is 0 Å². The minimum atomic E-state index is -0.0817. The normalized spacial score (nSPS) is 16.7. The van der Waals surface area contributed by atoms with Gasteiger partial charge in [-0.1, -0.05) is 48.5 Å². The number of thioether (sulfide) groups is 1. The van der Waals surface area contributed by atoms with Crippen LogP contribution in [0.5, 0.6) is 5.75 Å². The van der Waals surface area contributed by atoms with Gasteiger partial charge < -0.3 is 9.47 Å². The highest BCUT2D eigenvalue weighted by Crippen LogP contribution is 2.37. The van der Waals surface area contributed by atoms with Crippen LogP contribution in [0.25, 0.3) is 16.8 Å². The lowest BCUT2D eigenvalue weighted by Crippen LogP contribution is -2.32. The maximum atomic E-state index is 13.2. The summed E-state index contributed by atoms with van der Waals surface area (Å²) in [6, 6.07) is 21.7. The molecule has 3 aromatic carbocycles. The van der Waals surface area contributed by atoms with Crippen molar-refractivity contribution in [3.05, 3.63) is 77.2 Å². The molecule has 1 amide bonds. The van der Waals surface area contributed by atoms with Crippen molar-refractivity contribution >= 4 is 45.4 Å². The molecule has 1 heterocycles. The number of hydrogen-bond acceptors (Lipinski definition) is 5. The lowest BCUT2D eigenvalue weighted by Gasteiger charge is -2.14. The Labute approximate surface area is 180 Å². The van der Waals surface area contributed by atoms with E-state index in [0.717, 1.165) is 27.8 Å². The number of ether oxygens (including phenoxy) is 2. The zero-order valence-corrected chi connectivity index (χ0v) is 17.7. The number of amides is 1. The average molecular weight is 419 g/mol. The second-order valence-corrected chi connectivity index (χ2v) is 7.70. The van der Waals surface area contributed by atoms with Gasteiger partial charge in [-0.25, -0.2) is 4.99 Å². The van der Waals surface area contributed by atoms with E-state index in [4.69, 9.17) is 14.5 Å². The number of carbonyl (C=O) groups excluding carboxylic acids is 1. The molecule has 3 aromatic rings. The quantitative estimate of drug-likeness (QED) is 0.523. The van der Waals surface area contributed by atoms with Gasteiger partial charge in [-0.3, -0.25) is 9.69 Å². The summed E-state index contributed by atoms with van der Waals surface area (Å²) in [7, 11) is 3.27. The molecule has 0 aliphatic carbocycles. The van der Waals surface area contributed by atoms with E-state index in [1.165, 1.54) is 11.8 Å². The molecule has 1 aliphatic rings. The summed E-state index contributed by atoms with van der Waals surface area (Å²) in [6.45, 7) is 0.878. The largest absolute Gasteiger partial charge is 0.496 e. The molecule has 0 spiro atoms. The highest BCUT2D eigenvalue weighted by molar-refractivity contribution is 8.18. The zero-order valence-electron chi connectivity index (χ0n) is 16.9. The summed E-state index contributed by atoms with van der Waals surface area (Å²) in [4.78, 5) is 20.2. The first-order valence-electron chi connectivity index (χ1n) is 9.61. The Morgan fingerprint density at radius 1 is 1.00 bits per heavy atom. The van der Waals surface area contributed by atoms with E-state index in [0.29, 0.717) is 23.2 Å². The molecule has 1 saturated heterocycles. The van der Waals surface area contributed by atoms with Crippen LogP contribution in [0.2, 0.25) is 0 Å². The minimum Gasteiger partial charge on any atom is -0.496 e. The van der Waals surface area contributed by atoms with Crippen molar-refractivity contribution in [3.63, 3.8) is 0 Å². The van der Waals surface area contributed by atoms with Crippen molar-refractivity contribution in [1.29, 1.82) is 0 Å². The molecule has 0 aromatic heterocycles. The van der Waals surface area contributed by atoms with E-state index in [-0.39, 0.29) is 5.91 Å². The molecule has 0 saturated carbocycles. The van der Waals surface area contributed by atoms with Gasteiger partial charge in [0.2, 0.25) is 0 Å². The van der Waals surface area contributed by atoms with Gasteiger partial charge >= 0.3 is 0 Å². The van der Waals surface area contributed by atoms with Crippen LogP contribution < -0.4 is 4.74 Å².